The van der Waals surface area contributed by atoms with Gasteiger partial charge in [-0.15, -0.1) is 0 Å². The molecule has 1 aliphatic rings. The lowest BCUT2D eigenvalue weighted by molar-refractivity contribution is 0.266. The average Bonchev–Trinajstić information content (AvgIpc) is 2.97. The number of sulfonamides is 1. The smallest absolute Gasteiger partial charge is 0.231 e. The Morgan fingerprint density at radius 3 is 2.73 bits per heavy atom. The number of hydrogen-bond donors (Lipinski definition) is 0. The normalized spacial score (nSPS) is 20.2. The van der Waals surface area contributed by atoms with E-state index >= 15 is 0 Å². The lowest BCUT2D eigenvalue weighted by atomic mass is 10.00. The van der Waals surface area contributed by atoms with Gasteiger partial charge in [-0.3, -0.25) is 0 Å². The number of rotatable bonds is 3. The van der Waals surface area contributed by atoms with E-state index in [1.54, 1.807) is 12.1 Å². The van der Waals surface area contributed by atoms with E-state index in [1.807, 2.05) is 0 Å². The van der Waals surface area contributed by atoms with Crippen LogP contribution in [0.15, 0.2) is 28.8 Å². The Morgan fingerprint density at radius 1 is 1.32 bits per heavy atom. The number of hydrogen-bond acceptors (Lipinski definition) is 5. The number of nitrogens with zero attached hydrogens (tertiary/aromatic N) is 3. The maximum absolute atomic E-state index is 12.9. The number of piperidine rings is 1. The van der Waals surface area contributed by atoms with Crippen LogP contribution < -0.4 is 0 Å². The van der Waals surface area contributed by atoms with E-state index in [4.69, 9.17) is 4.52 Å². The third-order valence-electron chi connectivity index (χ3n) is 3.75. The summed E-state index contributed by atoms with van der Waals surface area (Å²) in [6.07, 6.45) is 2.76. The van der Waals surface area contributed by atoms with Crippen LogP contribution in [0.5, 0.6) is 0 Å². The van der Waals surface area contributed by atoms with E-state index in [2.05, 4.69) is 10.1 Å². The van der Waals surface area contributed by atoms with Crippen molar-refractivity contribution in [3.8, 4) is 11.4 Å². The van der Waals surface area contributed by atoms with E-state index in [0.717, 1.165) is 12.8 Å². The van der Waals surface area contributed by atoms with E-state index < -0.39 is 10.0 Å². The van der Waals surface area contributed by atoms with Crippen molar-refractivity contribution >= 4 is 10.0 Å². The average molecular weight is 325 g/mol. The monoisotopic (exact) mass is 325 g/mol. The first-order valence-electron chi connectivity index (χ1n) is 6.98. The molecule has 0 radical (unpaired) electrons. The highest BCUT2D eigenvalue weighted by Gasteiger charge is 2.30. The number of benzene rings is 1. The molecule has 1 fully saturated rings. The summed E-state index contributed by atoms with van der Waals surface area (Å²) in [5.74, 6) is 0.368. The van der Waals surface area contributed by atoms with Crippen molar-refractivity contribution in [3.63, 3.8) is 0 Å². The molecular weight excluding hydrogens is 309 g/mol. The Balaban J connectivity index is 1.80. The largest absolute Gasteiger partial charge is 0.339 e. The molecule has 6 nitrogen and oxygen atoms in total. The van der Waals surface area contributed by atoms with Gasteiger partial charge in [0.1, 0.15) is 5.82 Å². The molecule has 1 aliphatic heterocycles. The van der Waals surface area contributed by atoms with E-state index in [1.165, 1.54) is 22.7 Å². The molecule has 0 saturated carbocycles. The first-order valence-corrected chi connectivity index (χ1v) is 8.83. The van der Waals surface area contributed by atoms with Crippen LogP contribution in [0, 0.1) is 5.82 Å². The van der Waals surface area contributed by atoms with Crippen molar-refractivity contribution in [1.82, 2.24) is 14.4 Å². The highest BCUT2D eigenvalue weighted by Crippen LogP contribution is 2.28. The van der Waals surface area contributed by atoms with Crippen LogP contribution in [-0.2, 0) is 10.0 Å². The van der Waals surface area contributed by atoms with Crippen LogP contribution in [0.3, 0.4) is 0 Å². The van der Waals surface area contributed by atoms with Gasteiger partial charge in [0.15, 0.2) is 0 Å². The first-order chi connectivity index (χ1) is 10.4. The van der Waals surface area contributed by atoms with Crippen molar-refractivity contribution in [1.29, 1.82) is 0 Å². The zero-order valence-corrected chi connectivity index (χ0v) is 12.9. The minimum Gasteiger partial charge on any atom is -0.339 e. The van der Waals surface area contributed by atoms with E-state index in [-0.39, 0.29) is 11.7 Å². The fourth-order valence-corrected chi connectivity index (χ4v) is 3.47. The Morgan fingerprint density at radius 2 is 2.05 bits per heavy atom. The van der Waals surface area contributed by atoms with Gasteiger partial charge in [-0.2, -0.15) is 4.98 Å². The molecule has 2 aromatic rings. The maximum Gasteiger partial charge on any atom is 0.231 e. The zero-order chi connectivity index (χ0) is 15.7. The first kappa shape index (κ1) is 15.1. The fraction of sp³-hybridized carbons (Fsp3) is 0.429. The summed E-state index contributed by atoms with van der Waals surface area (Å²) in [5.41, 5.74) is 0.659. The maximum atomic E-state index is 12.9. The Kier molecular flexibility index (Phi) is 3.96. The molecule has 22 heavy (non-hydrogen) atoms. The van der Waals surface area contributed by atoms with Crippen LogP contribution in [0.4, 0.5) is 4.39 Å². The molecule has 1 aromatic heterocycles. The summed E-state index contributed by atoms with van der Waals surface area (Å²) in [4.78, 5) is 4.33. The minimum atomic E-state index is -3.22. The van der Waals surface area contributed by atoms with Gasteiger partial charge >= 0.3 is 0 Å². The van der Waals surface area contributed by atoms with Crippen molar-refractivity contribution in [2.45, 2.75) is 18.8 Å². The summed E-state index contributed by atoms with van der Waals surface area (Å²) in [6.45, 7) is 0.873. The molecule has 1 aromatic carbocycles. The molecule has 0 N–H and O–H groups in total. The van der Waals surface area contributed by atoms with Gasteiger partial charge in [-0.25, -0.2) is 17.1 Å². The van der Waals surface area contributed by atoms with Crippen LogP contribution in [0.2, 0.25) is 0 Å². The molecule has 118 valence electrons. The molecule has 0 aliphatic carbocycles. The third-order valence-corrected chi connectivity index (χ3v) is 5.02. The second-order valence-corrected chi connectivity index (χ2v) is 7.41. The van der Waals surface area contributed by atoms with Gasteiger partial charge in [0, 0.05) is 18.7 Å². The van der Waals surface area contributed by atoms with Crippen LogP contribution >= 0.6 is 0 Å². The lowest BCUT2D eigenvalue weighted by Crippen LogP contribution is -2.38. The standard InChI is InChI=1S/C14H16FN3O3S/c1-22(19,20)18-8-2-3-11(9-18)14-16-13(17-21-14)10-4-6-12(15)7-5-10/h4-7,11H,2-3,8-9H2,1H3. The fourth-order valence-electron chi connectivity index (χ4n) is 2.56. The van der Waals surface area contributed by atoms with Crippen molar-refractivity contribution in [3.05, 3.63) is 36.0 Å². The molecule has 2 heterocycles. The highest BCUT2D eigenvalue weighted by molar-refractivity contribution is 7.88. The van der Waals surface area contributed by atoms with Gasteiger partial charge in [-0.05, 0) is 37.1 Å². The minimum absolute atomic E-state index is 0.106. The van der Waals surface area contributed by atoms with Gasteiger partial charge in [-0.1, -0.05) is 5.16 Å². The van der Waals surface area contributed by atoms with E-state index in [9.17, 15) is 12.8 Å². The molecule has 0 spiro atoms. The van der Waals surface area contributed by atoms with Gasteiger partial charge < -0.3 is 4.52 Å². The van der Waals surface area contributed by atoms with Crippen molar-refractivity contribution in [2.75, 3.05) is 19.3 Å². The predicted molar refractivity (Wildman–Crippen MR) is 78.1 cm³/mol. The third kappa shape index (κ3) is 3.17. The van der Waals surface area contributed by atoms with E-state index in [0.29, 0.717) is 30.4 Å². The Hall–Kier alpha value is -1.80. The summed E-state index contributed by atoms with van der Waals surface area (Å²) < 4.78 is 42.9. The summed E-state index contributed by atoms with van der Waals surface area (Å²) >= 11 is 0. The zero-order valence-electron chi connectivity index (χ0n) is 12.1. The molecule has 8 heteroatoms. The van der Waals surface area contributed by atoms with Gasteiger partial charge in [0.25, 0.3) is 0 Å². The summed E-state index contributed by atoms with van der Waals surface area (Å²) in [6, 6.07) is 5.82. The quantitative estimate of drug-likeness (QED) is 0.863. The van der Waals surface area contributed by atoms with Crippen LogP contribution in [0.25, 0.3) is 11.4 Å². The number of halogens is 1. The Bertz CT molecular complexity index is 758. The highest BCUT2D eigenvalue weighted by atomic mass is 32.2. The van der Waals surface area contributed by atoms with Crippen molar-refractivity contribution < 1.29 is 17.3 Å². The molecule has 3 rings (SSSR count). The molecule has 0 amide bonds. The molecule has 0 bridgehead atoms. The van der Waals surface area contributed by atoms with Gasteiger partial charge in [0.05, 0.1) is 12.2 Å². The summed E-state index contributed by atoms with van der Waals surface area (Å²) in [5, 5.41) is 3.90. The van der Waals surface area contributed by atoms with Crippen LogP contribution in [-0.4, -0.2) is 42.2 Å². The van der Waals surface area contributed by atoms with Crippen molar-refractivity contribution in [2.24, 2.45) is 0 Å². The second kappa shape index (κ2) is 5.77. The molecule has 1 saturated heterocycles. The molecule has 1 atom stereocenters. The predicted octanol–water partition coefficient (Wildman–Crippen LogP) is 2.01. The second-order valence-electron chi connectivity index (χ2n) is 5.42. The summed E-state index contributed by atoms with van der Waals surface area (Å²) in [7, 11) is -3.22. The van der Waals surface area contributed by atoms with Crippen LogP contribution in [0.1, 0.15) is 24.7 Å². The molecule has 1 unspecified atom stereocenters. The lowest BCUT2D eigenvalue weighted by Gasteiger charge is -2.28. The Labute approximate surface area is 128 Å². The SMILES string of the molecule is CS(=O)(=O)N1CCCC(c2nc(-c3ccc(F)cc3)no2)C1. The molecular formula is C14H16FN3O3S. The number of aromatic nitrogens is 2. The topological polar surface area (TPSA) is 76.3 Å². The van der Waals surface area contributed by atoms with Gasteiger partial charge in [0.2, 0.25) is 21.7 Å².